The van der Waals surface area contributed by atoms with Crippen LogP contribution < -0.4 is 10.5 Å². The van der Waals surface area contributed by atoms with Crippen molar-refractivity contribution < 1.29 is 9.47 Å². The van der Waals surface area contributed by atoms with Crippen molar-refractivity contribution in [1.29, 1.82) is 0 Å². The van der Waals surface area contributed by atoms with Gasteiger partial charge in [0.05, 0.1) is 12.8 Å². The van der Waals surface area contributed by atoms with E-state index >= 15 is 0 Å². The maximum absolute atomic E-state index is 5.78. The molecule has 0 aliphatic rings. The molecule has 0 saturated heterocycles. The number of nitrogen functional groups attached to an aromatic ring is 1. The lowest BCUT2D eigenvalue weighted by Crippen LogP contribution is -2.07. The van der Waals surface area contributed by atoms with E-state index in [0.717, 1.165) is 20.9 Å². The van der Waals surface area contributed by atoms with Gasteiger partial charge in [0.25, 0.3) is 0 Å². The average Bonchev–Trinajstić information content (AvgIpc) is 2.85. The van der Waals surface area contributed by atoms with E-state index in [-0.39, 0.29) is 5.95 Å². The number of ether oxygens (including phenoxy) is 2. The summed E-state index contributed by atoms with van der Waals surface area (Å²) < 4.78 is 13.8. The van der Waals surface area contributed by atoms with Gasteiger partial charge in [-0.15, -0.1) is 0 Å². The molecule has 0 amide bonds. The Bertz CT molecular complexity index is 847. The Morgan fingerprint density at radius 1 is 1.30 bits per heavy atom. The lowest BCUT2D eigenvalue weighted by Gasteiger charge is -2.10. The molecular formula is C16H17BrN4O2. The van der Waals surface area contributed by atoms with Gasteiger partial charge in [-0.2, -0.15) is 0 Å². The number of benzene rings is 1. The summed E-state index contributed by atoms with van der Waals surface area (Å²) in [7, 11) is 3.63. The summed E-state index contributed by atoms with van der Waals surface area (Å²) in [6.45, 7) is 0.913. The summed E-state index contributed by atoms with van der Waals surface area (Å²) in [5, 5.41) is 1.07. The Labute approximate surface area is 142 Å². The van der Waals surface area contributed by atoms with E-state index in [2.05, 4.69) is 38.0 Å². The van der Waals surface area contributed by atoms with E-state index < -0.39 is 0 Å². The molecule has 0 aliphatic heterocycles. The van der Waals surface area contributed by atoms with Crippen molar-refractivity contribution in [2.75, 3.05) is 26.1 Å². The van der Waals surface area contributed by atoms with Gasteiger partial charge in [0.1, 0.15) is 12.3 Å². The largest absolute Gasteiger partial charge is 0.487 e. The second-order valence-corrected chi connectivity index (χ2v) is 6.01. The number of hydrogen-bond acceptors (Lipinski definition) is 5. The topological polar surface area (TPSA) is 75.2 Å². The maximum atomic E-state index is 5.78. The van der Waals surface area contributed by atoms with Crippen LogP contribution in [0.4, 0.5) is 5.95 Å². The van der Waals surface area contributed by atoms with Crippen LogP contribution in [0.2, 0.25) is 0 Å². The van der Waals surface area contributed by atoms with Gasteiger partial charge in [-0.25, -0.2) is 9.97 Å². The third-order valence-electron chi connectivity index (χ3n) is 3.53. The normalized spacial score (nSPS) is 11.1. The molecule has 3 rings (SSSR count). The molecule has 6 nitrogen and oxygen atoms in total. The second kappa shape index (κ2) is 6.55. The van der Waals surface area contributed by atoms with Crippen LogP contribution in [0.15, 0.2) is 35.1 Å². The minimum absolute atomic E-state index is 0.214. The van der Waals surface area contributed by atoms with Crippen molar-refractivity contribution in [3.05, 3.63) is 35.1 Å². The fourth-order valence-electron chi connectivity index (χ4n) is 2.47. The smallest absolute Gasteiger partial charge is 0.220 e. The molecule has 3 aromatic rings. The number of nitrogens with zero attached hydrogens (tertiary/aromatic N) is 3. The highest BCUT2D eigenvalue weighted by atomic mass is 79.9. The van der Waals surface area contributed by atoms with Crippen LogP contribution >= 0.6 is 15.9 Å². The Morgan fingerprint density at radius 3 is 2.91 bits per heavy atom. The zero-order valence-corrected chi connectivity index (χ0v) is 14.5. The van der Waals surface area contributed by atoms with Gasteiger partial charge in [-0.1, -0.05) is 15.9 Å². The molecule has 120 valence electrons. The first-order valence-electron chi connectivity index (χ1n) is 7.09. The van der Waals surface area contributed by atoms with Gasteiger partial charge < -0.3 is 19.8 Å². The molecule has 0 unspecified atom stereocenters. The Morgan fingerprint density at radius 2 is 2.13 bits per heavy atom. The highest BCUT2D eigenvalue weighted by Crippen LogP contribution is 2.35. The third kappa shape index (κ3) is 3.16. The molecule has 23 heavy (non-hydrogen) atoms. The Kier molecular flexibility index (Phi) is 4.49. The molecule has 0 bridgehead atoms. The number of halogens is 1. The molecule has 2 aromatic heterocycles. The average molecular weight is 377 g/mol. The minimum atomic E-state index is 0.214. The van der Waals surface area contributed by atoms with Crippen molar-refractivity contribution >= 4 is 32.8 Å². The van der Waals surface area contributed by atoms with Gasteiger partial charge in [-0.05, 0) is 18.2 Å². The molecule has 2 N–H and O–H groups in total. The number of rotatable bonds is 5. The van der Waals surface area contributed by atoms with Gasteiger partial charge in [-0.3, -0.25) is 0 Å². The van der Waals surface area contributed by atoms with Crippen molar-refractivity contribution in [3.63, 3.8) is 0 Å². The summed E-state index contributed by atoms with van der Waals surface area (Å²) in [5.41, 5.74) is 8.51. The first-order chi connectivity index (χ1) is 11.1. The number of hydrogen-bond donors (Lipinski definition) is 1. The molecular weight excluding hydrogens is 360 g/mol. The van der Waals surface area contributed by atoms with Gasteiger partial charge in [0.15, 0.2) is 5.75 Å². The predicted octanol–water partition coefficient (Wildman–Crippen LogP) is 3.01. The molecule has 1 aromatic carbocycles. The summed E-state index contributed by atoms with van der Waals surface area (Å²) in [6.07, 6.45) is 3.62. The molecule has 0 aliphatic carbocycles. The molecule has 7 heteroatoms. The highest BCUT2D eigenvalue weighted by molar-refractivity contribution is 9.10. The van der Waals surface area contributed by atoms with Gasteiger partial charge >= 0.3 is 0 Å². The minimum Gasteiger partial charge on any atom is -0.487 e. The van der Waals surface area contributed by atoms with Crippen LogP contribution in [0.25, 0.3) is 22.2 Å². The quantitative estimate of drug-likeness (QED) is 0.692. The summed E-state index contributed by atoms with van der Waals surface area (Å²) >= 11 is 3.52. The summed E-state index contributed by atoms with van der Waals surface area (Å²) in [4.78, 5) is 8.42. The molecule has 0 atom stereocenters. The third-order valence-corrected chi connectivity index (χ3v) is 4.02. The Hall–Kier alpha value is -2.12. The van der Waals surface area contributed by atoms with Crippen LogP contribution in [0, 0.1) is 0 Å². The monoisotopic (exact) mass is 376 g/mol. The molecule has 0 saturated carbocycles. The number of fused-ring (bicyclic) bond motifs is 1. The number of aryl methyl sites for hydroxylation is 1. The lowest BCUT2D eigenvalue weighted by atomic mass is 10.1. The fraction of sp³-hybridized carbons (Fsp3) is 0.250. The van der Waals surface area contributed by atoms with Crippen molar-refractivity contribution in [2.24, 2.45) is 7.05 Å². The molecule has 0 radical (unpaired) electrons. The van der Waals surface area contributed by atoms with E-state index in [9.17, 15) is 0 Å². The van der Waals surface area contributed by atoms with E-state index in [0.29, 0.717) is 24.7 Å². The van der Waals surface area contributed by atoms with E-state index in [4.69, 9.17) is 15.2 Å². The number of aromatic nitrogens is 3. The molecule has 0 fully saturated rings. The maximum Gasteiger partial charge on any atom is 0.220 e. The number of methoxy groups -OCH3 is 1. The van der Waals surface area contributed by atoms with Gasteiger partial charge in [0, 0.05) is 41.3 Å². The number of anilines is 1. The van der Waals surface area contributed by atoms with Crippen molar-refractivity contribution in [3.8, 4) is 17.0 Å². The van der Waals surface area contributed by atoms with Crippen molar-refractivity contribution in [2.45, 2.75) is 0 Å². The van der Waals surface area contributed by atoms with E-state index in [1.807, 2.05) is 23.9 Å². The van der Waals surface area contributed by atoms with Crippen LogP contribution in [0.1, 0.15) is 0 Å². The predicted molar refractivity (Wildman–Crippen MR) is 93.4 cm³/mol. The summed E-state index contributed by atoms with van der Waals surface area (Å²) in [5.74, 6) is 0.801. The highest BCUT2D eigenvalue weighted by Gasteiger charge is 2.16. The Balaban J connectivity index is 2.14. The second-order valence-electron chi connectivity index (χ2n) is 5.10. The fourth-order valence-corrected chi connectivity index (χ4v) is 2.83. The number of nitrogens with two attached hydrogens (primary N) is 1. The van der Waals surface area contributed by atoms with E-state index in [1.165, 1.54) is 0 Å². The zero-order valence-electron chi connectivity index (χ0n) is 12.9. The standard InChI is InChI=1S/C16H17BrN4O2/c1-21-9-12(11-7-10(17)3-4-13(11)21)15-14(23-6-5-22-2)8-19-16(18)20-15/h3-4,7-9H,5-6H2,1-2H3,(H2,18,19,20). The van der Waals surface area contributed by atoms with Crippen LogP contribution in [0.5, 0.6) is 5.75 Å². The first-order valence-corrected chi connectivity index (χ1v) is 7.88. The molecule has 2 heterocycles. The van der Waals surface area contributed by atoms with Crippen LogP contribution in [0.3, 0.4) is 0 Å². The first kappa shape index (κ1) is 15.8. The lowest BCUT2D eigenvalue weighted by molar-refractivity contribution is 0.146. The van der Waals surface area contributed by atoms with Crippen molar-refractivity contribution in [1.82, 2.24) is 14.5 Å². The van der Waals surface area contributed by atoms with Crippen LogP contribution in [-0.2, 0) is 11.8 Å². The van der Waals surface area contributed by atoms with Gasteiger partial charge in [0.2, 0.25) is 5.95 Å². The van der Waals surface area contributed by atoms with Crippen LogP contribution in [-0.4, -0.2) is 34.9 Å². The summed E-state index contributed by atoms with van der Waals surface area (Å²) in [6, 6.07) is 6.12. The van der Waals surface area contributed by atoms with E-state index in [1.54, 1.807) is 13.3 Å². The molecule has 0 spiro atoms. The SMILES string of the molecule is COCCOc1cnc(N)nc1-c1cn(C)c2ccc(Br)cc12. The zero-order chi connectivity index (χ0) is 16.4.